The standard InChI is InChI=1S/C4H11NO2.C3H5ClO/c6-3-1-5-2-4-7;1-2-3(4)5-2/h5-7H,1-4H2;2-3H,1H3. The Morgan fingerprint density at radius 1 is 1.33 bits per heavy atom. The molecule has 0 aromatic carbocycles. The number of aliphatic hydroxyl groups excluding tert-OH is 2. The second kappa shape index (κ2) is 7.76. The Kier molecular flexibility index (Phi) is 7.85. The zero-order chi connectivity index (χ0) is 9.40. The lowest BCUT2D eigenvalue weighted by Gasteiger charge is -1.94. The molecule has 0 aliphatic carbocycles. The summed E-state index contributed by atoms with van der Waals surface area (Å²) in [5.41, 5.74) is 0.0231. The van der Waals surface area contributed by atoms with Gasteiger partial charge < -0.3 is 20.3 Å². The van der Waals surface area contributed by atoms with Crippen LogP contribution in [-0.4, -0.2) is 48.2 Å². The van der Waals surface area contributed by atoms with Crippen LogP contribution in [0.2, 0.25) is 0 Å². The molecule has 74 valence electrons. The summed E-state index contributed by atoms with van der Waals surface area (Å²) in [7, 11) is 0. The first-order valence-corrected chi connectivity index (χ1v) is 4.38. The molecule has 0 saturated carbocycles. The Balaban J connectivity index is 0.000000211. The summed E-state index contributed by atoms with van der Waals surface area (Å²) in [6.45, 7) is 3.36. The van der Waals surface area contributed by atoms with Crippen molar-refractivity contribution in [2.45, 2.75) is 18.6 Å². The monoisotopic (exact) mass is 197 g/mol. The zero-order valence-corrected chi connectivity index (χ0v) is 7.92. The topological polar surface area (TPSA) is 65.0 Å². The highest BCUT2D eigenvalue weighted by Gasteiger charge is 2.30. The maximum absolute atomic E-state index is 8.15. The third kappa shape index (κ3) is 8.23. The third-order valence-corrected chi connectivity index (χ3v) is 1.67. The molecule has 0 spiro atoms. The molecule has 1 rings (SSSR count). The van der Waals surface area contributed by atoms with E-state index in [-0.39, 0.29) is 18.8 Å². The lowest BCUT2D eigenvalue weighted by molar-refractivity contribution is 0.267. The first-order chi connectivity index (χ1) is 5.72. The van der Waals surface area contributed by atoms with Crippen LogP contribution in [0.4, 0.5) is 0 Å². The van der Waals surface area contributed by atoms with Crippen molar-refractivity contribution in [3.05, 3.63) is 0 Å². The molecule has 2 unspecified atom stereocenters. The summed E-state index contributed by atoms with van der Waals surface area (Å²) in [5, 5.41) is 19.1. The summed E-state index contributed by atoms with van der Waals surface area (Å²) >= 11 is 5.31. The van der Waals surface area contributed by atoms with E-state index in [0.29, 0.717) is 19.2 Å². The van der Waals surface area contributed by atoms with E-state index in [2.05, 4.69) is 10.1 Å². The van der Waals surface area contributed by atoms with Gasteiger partial charge >= 0.3 is 0 Å². The predicted molar refractivity (Wildman–Crippen MR) is 47.2 cm³/mol. The van der Waals surface area contributed by atoms with Crippen LogP contribution < -0.4 is 5.32 Å². The molecule has 0 aromatic heterocycles. The summed E-state index contributed by atoms with van der Waals surface area (Å²) in [6.07, 6.45) is 0.316. The Morgan fingerprint density at radius 2 is 1.67 bits per heavy atom. The fourth-order valence-electron chi connectivity index (χ4n) is 0.443. The largest absolute Gasteiger partial charge is 0.395 e. The van der Waals surface area contributed by atoms with Gasteiger partial charge in [0.15, 0.2) is 5.56 Å². The molecule has 1 aliphatic heterocycles. The Bertz CT molecular complexity index is 94.7. The number of halogens is 1. The molecule has 1 saturated heterocycles. The van der Waals surface area contributed by atoms with Crippen molar-refractivity contribution in [3.8, 4) is 0 Å². The zero-order valence-electron chi connectivity index (χ0n) is 7.16. The molecular formula is C7H16ClNO3. The normalized spacial score (nSPS) is 26.0. The van der Waals surface area contributed by atoms with Crippen LogP contribution in [0.5, 0.6) is 0 Å². The van der Waals surface area contributed by atoms with Crippen molar-refractivity contribution in [2.24, 2.45) is 0 Å². The van der Waals surface area contributed by atoms with Crippen LogP contribution in [0.25, 0.3) is 0 Å². The lowest BCUT2D eigenvalue weighted by atomic mass is 10.6. The minimum Gasteiger partial charge on any atom is -0.395 e. The van der Waals surface area contributed by atoms with Crippen molar-refractivity contribution < 1.29 is 14.9 Å². The molecule has 0 amide bonds. The highest BCUT2D eigenvalue weighted by Crippen LogP contribution is 2.23. The van der Waals surface area contributed by atoms with Gasteiger partial charge in [-0.25, -0.2) is 0 Å². The smallest absolute Gasteiger partial charge is 0.157 e. The Hall–Kier alpha value is 0.130. The van der Waals surface area contributed by atoms with E-state index in [1.54, 1.807) is 0 Å². The molecule has 5 heteroatoms. The molecule has 2 atom stereocenters. The SMILES string of the molecule is CC1OC1Cl.OCCNCCO. The number of hydrogen-bond donors (Lipinski definition) is 3. The molecule has 1 aliphatic rings. The third-order valence-electron chi connectivity index (χ3n) is 1.21. The summed E-state index contributed by atoms with van der Waals surface area (Å²) in [6, 6.07) is 0. The van der Waals surface area contributed by atoms with Crippen molar-refractivity contribution >= 4 is 11.6 Å². The van der Waals surface area contributed by atoms with Gasteiger partial charge in [-0.1, -0.05) is 11.6 Å². The van der Waals surface area contributed by atoms with Gasteiger partial charge in [0, 0.05) is 13.1 Å². The van der Waals surface area contributed by atoms with Crippen LogP contribution in [0.15, 0.2) is 0 Å². The fraction of sp³-hybridized carbons (Fsp3) is 1.00. The minimum absolute atomic E-state index is 0.0231. The number of nitrogens with one attached hydrogen (secondary N) is 1. The second-order valence-electron chi connectivity index (χ2n) is 2.39. The molecule has 0 bridgehead atoms. The van der Waals surface area contributed by atoms with Gasteiger partial charge in [0.2, 0.25) is 0 Å². The molecule has 1 fully saturated rings. The van der Waals surface area contributed by atoms with E-state index >= 15 is 0 Å². The van der Waals surface area contributed by atoms with Crippen molar-refractivity contribution in [2.75, 3.05) is 26.3 Å². The molecule has 1 heterocycles. The molecular weight excluding hydrogens is 182 g/mol. The van der Waals surface area contributed by atoms with Crippen molar-refractivity contribution in [1.82, 2.24) is 5.32 Å². The quantitative estimate of drug-likeness (QED) is 0.324. The molecule has 12 heavy (non-hydrogen) atoms. The average molecular weight is 198 g/mol. The van der Waals surface area contributed by atoms with E-state index in [9.17, 15) is 0 Å². The predicted octanol–water partition coefficient (Wildman–Crippen LogP) is -0.469. The van der Waals surface area contributed by atoms with Gasteiger partial charge in [-0.05, 0) is 6.92 Å². The van der Waals surface area contributed by atoms with Gasteiger partial charge in [-0.2, -0.15) is 0 Å². The Labute approximate surface area is 77.5 Å². The van der Waals surface area contributed by atoms with Gasteiger partial charge in [0.1, 0.15) is 0 Å². The molecule has 0 radical (unpaired) electrons. The van der Waals surface area contributed by atoms with Crippen LogP contribution in [-0.2, 0) is 4.74 Å². The fourth-order valence-corrected chi connectivity index (χ4v) is 0.605. The first kappa shape index (κ1) is 12.1. The van der Waals surface area contributed by atoms with Crippen LogP contribution >= 0.6 is 11.6 Å². The van der Waals surface area contributed by atoms with E-state index in [1.165, 1.54) is 0 Å². The maximum Gasteiger partial charge on any atom is 0.157 e. The summed E-state index contributed by atoms with van der Waals surface area (Å²) < 4.78 is 4.68. The molecule has 3 N–H and O–H groups in total. The van der Waals surface area contributed by atoms with E-state index in [0.717, 1.165) is 0 Å². The van der Waals surface area contributed by atoms with Gasteiger partial charge in [0.25, 0.3) is 0 Å². The van der Waals surface area contributed by atoms with Gasteiger partial charge in [-0.15, -0.1) is 0 Å². The van der Waals surface area contributed by atoms with E-state index < -0.39 is 0 Å². The number of rotatable bonds is 4. The number of epoxide rings is 1. The number of aliphatic hydroxyl groups is 2. The average Bonchev–Trinajstić information content (AvgIpc) is 2.67. The highest BCUT2D eigenvalue weighted by atomic mass is 35.5. The van der Waals surface area contributed by atoms with Crippen molar-refractivity contribution in [3.63, 3.8) is 0 Å². The second-order valence-corrected chi connectivity index (χ2v) is 2.82. The number of alkyl halides is 1. The summed E-state index contributed by atoms with van der Waals surface area (Å²) in [5.74, 6) is 0. The Morgan fingerprint density at radius 3 is 1.83 bits per heavy atom. The number of hydrogen-bond acceptors (Lipinski definition) is 4. The van der Waals surface area contributed by atoms with Crippen LogP contribution in [0.1, 0.15) is 6.92 Å². The highest BCUT2D eigenvalue weighted by molar-refractivity contribution is 6.21. The van der Waals surface area contributed by atoms with Crippen molar-refractivity contribution in [1.29, 1.82) is 0 Å². The minimum atomic E-state index is 0.0231. The van der Waals surface area contributed by atoms with E-state index in [1.807, 2.05) is 6.92 Å². The lowest BCUT2D eigenvalue weighted by Crippen LogP contribution is -2.21. The van der Waals surface area contributed by atoms with Crippen LogP contribution in [0, 0.1) is 0 Å². The molecule has 0 aromatic rings. The first-order valence-electron chi connectivity index (χ1n) is 3.94. The maximum atomic E-state index is 8.15. The van der Waals surface area contributed by atoms with Crippen LogP contribution in [0.3, 0.4) is 0 Å². The summed E-state index contributed by atoms with van der Waals surface area (Å²) in [4.78, 5) is 0. The molecule has 4 nitrogen and oxygen atoms in total. The number of ether oxygens (including phenoxy) is 1. The van der Waals surface area contributed by atoms with Gasteiger partial charge in [0.05, 0.1) is 19.3 Å². The van der Waals surface area contributed by atoms with E-state index in [4.69, 9.17) is 21.8 Å². The van der Waals surface area contributed by atoms with Gasteiger partial charge in [-0.3, -0.25) is 0 Å².